The molecule has 0 fully saturated rings. The third-order valence-electron chi connectivity index (χ3n) is 5.32. The van der Waals surface area contributed by atoms with E-state index in [9.17, 15) is 13.2 Å². The van der Waals surface area contributed by atoms with E-state index in [-0.39, 0.29) is 12.4 Å². The van der Waals surface area contributed by atoms with E-state index in [0.717, 1.165) is 11.8 Å². The SMILES string of the molecule is CS(=O)(=O)N(c1ccccc1)c1c(OCc2ccccc2)ccc2c1CCC(N)C2=O. The van der Waals surface area contributed by atoms with E-state index in [1.807, 2.05) is 36.4 Å². The summed E-state index contributed by atoms with van der Waals surface area (Å²) >= 11 is 0. The van der Waals surface area contributed by atoms with E-state index in [4.69, 9.17) is 10.5 Å². The average Bonchev–Trinajstić information content (AvgIpc) is 2.76. The average molecular weight is 437 g/mol. The van der Waals surface area contributed by atoms with E-state index in [2.05, 4.69) is 0 Å². The molecule has 1 unspecified atom stereocenters. The molecule has 0 bridgehead atoms. The lowest BCUT2D eigenvalue weighted by Crippen LogP contribution is -2.36. The number of carbonyl (C=O) groups excluding carboxylic acids is 1. The lowest BCUT2D eigenvalue weighted by molar-refractivity contribution is 0.0948. The lowest BCUT2D eigenvalue weighted by Gasteiger charge is -2.31. The highest BCUT2D eigenvalue weighted by Crippen LogP contribution is 2.43. The minimum Gasteiger partial charge on any atom is -0.487 e. The van der Waals surface area contributed by atoms with Crippen molar-refractivity contribution in [1.82, 2.24) is 0 Å². The Bertz CT molecular complexity index is 1200. The largest absolute Gasteiger partial charge is 0.487 e. The second kappa shape index (κ2) is 8.53. The fourth-order valence-electron chi connectivity index (χ4n) is 3.85. The van der Waals surface area contributed by atoms with Crippen LogP contribution in [0, 0.1) is 0 Å². The molecule has 0 spiro atoms. The van der Waals surface area contributed by atoms with Crippen LogP contribution >= 0.6 is 0 Å². The standard InChI is InChI=1S/C24H24N2O4S/c1-31(28,29)26(18-10-6-3-7-11-18)23-19-12-14-21(25)24(27)20(19)13-15-22(23)30-16-17-8-4-2-5-9-17/h2-11,13,15,21H,12,14,16,25H2,1H3. The van der Waals surface area contributed by atoms with Crippen LogP contribution in [0.1, 0.15) is 27.9 Å². The van der Waals surface area contributed by atoms with Gasteiger partial charge in [0.2, 0.25) is 10.0 Å². The van der Waals surface area contributed by atoms with Crippen molar-refractivity contribution in [1.29, 1.82) is 0 Å². The number of nitrogens with two attached hydrogens (primary N) is 1. The molecule has 1 atom stereocenters. The van der Waals surface area contributed by atoms with E-state index < -0.39 is 16.1 Å². The van der Waals surface area contributed by atoms with Crippen molar-refractivity contribution in [2.24, 2.45) is 5.73 Å². The van der Waals surface area contributed by atoms with Crippen molar-refractivity contribution in [3.8, 4) is 5.75 Å². The second-order valence-electron chi connectivity index (χ2n) is 7.59. The van der Waals surface area contributed by atoms with Gasteiger partial charge in [0.15, 0.2) is 5.78 Å². The number of nitrogens with zero attached hydrogens (tertiary/aromatic N) is 1. The first-order chi connectivity index (χ1) is 14.9. The Balaban J connectivity index is 1.89. The molecule has 6 nitrogen and oxygen atoms in total. The normalized spacial score (nSPS) is 15.9. The van der Waals surface area contributed by atoms with Crippen molar-refractivity contribution in [3.05, 3.63) is 89.5 Å². The zero-order valence-electron chi connectivity index (χ0n) is 17.2. The molecule has 0 saturated heterocycles. The zero-order chi connectivity index (χ0) is 22.0. The molecule has 0 radical (unpaired) electrons. The summed E-state index contributed by atoms with van der Waals surface area (Å²) < 4.78 is 33.3. The van der Waals surface area contributed by atoms with E-state index in [1.165, 1.54) is 4.31 Å². The van der Waals surface area contributed by atoms with E-state index >= 15 is 0 Å². The van der Waals surface area contributed by atoms with Crippen LogP contribution in [0.3, 0.4) is 0 Å². The molecule has 3 aromatic rings. The van der Waals surface area contributed by atoms with Crippen LogP contribution < -0.4 is 14.8 Å². The van der Waals surface area contributed by atoms with E-state index in [1.54, 1.807) is 36.4 Å². The topological polar surface area (TPSA) is 89.7 Å². The Hall–Kier alpha value is -3.16. The van der Waals surface area contributed by atoms with Crippen LogP contribution in [0.4, 0.5) is 11.4 Å². The molecule has 4 rings (SSSR count). The Morgan fingerprint density at radius 3 is 2.29 bits per heavy atom. The number of sulfonamides is 1. The van der Waals surface area contributed by atoms with Crippen molar-refractivity contribution in [3.63, 3.8) is 0 Å². The van der Waals surface area contributed by atoms with E-state index in [0.29, 0.717) is 41.1 Å². The number of benzene rings is 3. The van der Waals surface area contributed by atoms with Crippen molar-refractivity contribution < 1.29 is 17.9 Å². The number of carbonyl (C=O) groups is 1. The number of ketones is 1. The van der Waals surface area contributed by atoms with Gasteiger partial charge in [0.25, 0.3) is 0 Å². The fraction of sp³-hybridized carbons (Fsp3) is 0.208. The van der Waals surface area contributed by atoms with Crippen molar-refractivity contribution in [2.75, 3.05) is 10.6 Å². The molecular formula is C24H24N2O4S. The van der Waals surface area contributed by atoms with Crippen LogP contribution in [0.25, 0.3) is 0 Å². The molecule has 7 heteroatoms. The summed E-state index contributed by atoms with van der Waals surface area (Å²) in [6.45, 7) is 0.270. The maximum atomic E-state index is 13.0. The minimum absolute atomic E-state index is 0.182. The third-order valence-corrected chi connectivity index (χ3v) is 6.37. The van der Waals surface area contributed by atoms with Crippen LogP contribution in [-0.2, 0) is 23.1 Å². The molecular weight excluding hydrogens is 412 g/mol. The monoisotopic (exact) mass is 436 g/mol. The molecule has 0 saturated carbocycles. The smallest absolute Gasteiger partial charge is 0.236 e. The maximum absolute atomic E-state index is 13.0. The molecule has 1 aliphatic rings. The number of anilines is 2. The summed E-state index contributed by atoms with van der Waals surface area (Å²) in [5.74, 6) is 0.221. The number of ether oxygens (including phenoxy) is 1. The summed E-state index contributed by atoms with van der Waals surface area (Å²) in [6.07, 6.45) is 2.09. The van der Waals surface area contributed by atoms with Crippen molar-refractivity contribution in [2.45, 2.75) is 25.5 Å². The highest BCUT2D eigenvalue weighted by atomic mass is 32.2. The number of fused-ring (bicyclic) bond motifs is 1. The molecule has 3 aromatic carbocycles. The number of hydrogen-bond acceptors (Lipinski definition) is 5. The molecule has 31 heavy (non-hydrogen) atoms. The summed E-state index contributed by atoms with van der Waals surface area (Å²) in [7, 11) is -3.73. The number of para-hydroxylation sites is 1. The van der Waals surface area contributed by atoms with Gasteiger partial charge in [-0.05, 0) is 48.2 Å². The summed E-state index contributed by atoms with van der Waals surface area (Å²) in [4.78, 5) is 12.7. The predicted molar refractivity (Wildman–Crippen MR) is 121 cm³/mol. The van der Waals surface area contributed by atoms with Gasteiger partial charge < -0.3 is 10.5 Å². The first-order valence-electron chi connectivity index (χ1n) is 10.0. The van der Waals surface area contributed by atoms with Gasteiger partial charge in [-0.25, -0.2) is 12.7 Å². The maximum Gasteiger partial charge on any atom is 0.236 e. The van der Waals surface area contributed by atoms with Crippen LogP contribution in [0.2, 0.25) is 0 Å². The van der Waals surface area contributed by atoms with Crippen LogP contribution in [0.15, 0.2) is 72.8 Å². The second-order valence-corrected chi connectivity index (χ2v) is 9.42. The number of Topliss-reactive ketones (excluding diaryl/α,β-unsaturated/α-hetero) is 1. The van der Waals surface area contributed by atoms with Gasteiger partial charge in [0, 0.05) is 5.56 Å². The molecule has 0 amide bonds. The predicted octanol–water partition coefficient (Wildman–Crippen LogP) is 3.82. The molecule has 0 heterocycles. The Morgan fingerprint density at radius 2 is 1.65 bits per heavy atom. The van der Waals surface area contributed by atoms with Gasteiger partial charge in [-0.15, -0.1) is 0 Å². The molecule has 0 aromatic heterocycles. The van der Waals surface area contributed by atoms with Gasteiger partial charge in [0.05, 0.1) is 18.0 Å². The minimum atomic E-state index is -3.73. The Kier molecular flexibility index (Phi) is 5.80. The number of rotatable bonds is 6. The van der Waals surface area contributed by atoms with Crippen LogP contribution in [-0.4, -0.2) is 26.5 Å². The third kappa shape index (κ3) is 4.33. The zero-order valence-corrected chi connectivity index (χ0v) is 18.0. The highest BCUT2D eigenvalue weighted by molar-refractivity contribution is 7.92. The lowest BCUT2D eigenvalue weighted by atomic mass is 9.86. The Labute approximate surface area is 182 Å². The highest BCUT2D eigenvalue weighted by Gasteiger charge is 2.33. The number of hydrogen-bond donors (Lipinski definition) is 1. The van der Waals surface area contributed by atoms with Gasteiger partial charge in [-0.2, -0.15) is 0 Å². The van der Waals surface area contributed by atoms with Gasteiger partial charge >= 0.3 is 0 Å². The van der Waals surface area contributed by atoms with Gasteiger partial charge in [-0.3, -0.25) is 4.79 Å². The molecule has 0 aliphatic heterocycles. The molecule has 160 valence electrons. The summed E-state index contributed by atoms with van der Waals surface area (Å²) in [6, 6.07) is 21.2. The van der Waals surface area contributed by atoms with Gasteiger partial charge in [-0.1, -0.05) is 48.5 Å². The first kappa shape index (κ1) is 21.1. The molecule has 1 aliphatic carbocycles. The summed E-state index contributed by atoms with van der Waals surface area (Å²) in [5, 5.41) is 0. The Morgan fingerprint density at radius 1 is 1.00 bits per heavy atom. The van der Waals surface area contributed by atoms with Crippen molar-refractivity contribution >= 4 is 27.2 Å². The quantitative estimate of drug-likeness (QED) is 0.634. The fourth-order valence-corrected chi connectivity index (χ4v) is 4.89. The first-order valence-corrected chi connectivity index (χ1v) is 11.9. The summed E-state index contributed by atoms with van der Waals surface area (Å²) in [5.41, 5.74) is 8.88. The van der Waals surface area contributed by atoms with Gasteiger partial charge in [0.1, 0.15) is 18.0 Å². The van der Waals surface area contributed by atoms with Crippen LogP contribution in [0.5, 0.6) is 5.75 Å². The molecule has 2 N–H and O–H groups in total.